The van der Waals surface area contributed by atoms with Crippen molar-refractivity contribution in [3.63, 3.8) is 0 Å². The zero-order valence-electron chi connectivity index (χ0n) is 15.7. The fourth-order valence-corrected chi connectivity index (χ4v) is 3.22. The Labute approximate surface area is 161 Å². The number of amides is 1. The molecule has 0 unspecified atom stereocenters. The number of thioether (sulfide) groups is 1. The van der Waals surface area contributed by atoms with Gasteiger partial charge in [0.25, 0.3) is 5.78 Å². The Morgan fingerprint density at radius 2 is 1.85 bits per heavy atom. The van der Waals surface area contributed by atoms with Gasteiger partial charge in [0.15, 0.2) is 5.78 Å². The first-order valence-electron chi connectivity index (χ1n) is 8.56. The van der Waals surface area contributed by atoms with E-state index in [1.165, 1.54) is 18.7 Å². The molecule has 0 radical (unpaired) electrons. The van der Waals surface area contributed by atoms with Crippen molar-refractivity contribution in [1.29, 1.82) is 0 Å². The summed E-state index contributed by atoms with van der Waals surface area (Å²) >= 11 is 1.47. The van der Waals surface area contributed by atoms with E-state index in [0.717, 1.165) is 17.0 Å². The Morgan fingerprint density at radius 3 is 2.48 bits per heavy atom. The smallest absolute Gasteiger partial charge is 0.253 e. The maximum Gasteiger partial charge on any atom is 0.253 e. The van der Waals surface area contributed by atoms with Crippen molar-refractivity contribution in [2.75, 3.05) is 11.6 Å². The van der Waals surface area contributed by atoms with E-state index in [1.54, 1.807) is 28.8 Å². The van der Waals surface area contributed by atoms with Gasteiger partial charge in [-0.05, 0) is 63.3 Å². The monoisotopic (exact) mass is 383 g/mol. The third-order valence-electron chi connectivity index (χ3n) is 4.39. The van der Waals surface area contributed by atoms with Gasteiger partial charge in [-0.3, -0.25) is 9.59 Å². The molecule has 7 nitrogen and oxygen atoms in total. The maximum absolute atomic E-state index is 12.3. The van der Waals surface area contributed by atoms with Gasteiger partial charge in [-0.2, -0.15) is 4.98 Å². The summed E-state index contributed by atoms with van der Waals surface area (Å²) in [6.07, 6.45) is 2.81. The first-order valence-corrected chi connectivity index (χ1v) is 9.79. The summed E-state index contributed by atoms with van der Waals surface area (Å²) in [5, 5.41) is 7.96. The number of benzene rings is 1. The number of anilines is 1. The summed E-state index contributed by atoms with van der Waals surface area (Å²) in [5.74, 6) is 0.487. The van der Waals surface area contributed by atoms with Gasteiger partial charge in [0.05, 0.1) is 0 Å². The van der Waals surface area contributed by atoms with Crippen molar-refractivity contribution in [3.8, 4) is 0 Å². The van der Waals surface area contributed by atoms with Gasteiger partial charge in [-0.25, -0.2) is 9.50 Å². The van der Waals surface area contributed by atoms with Gasteiger partial charge in [0.2, 0.25) is 11.1 Å². The molecule has 8 heteroatoms. The minimum Gasteiger partial charge on any atom is -0.326 e. The molecule has 1 N–H and O–H groups in total. The summed E-state index contributed by atoms with van der Waals surface area (Å²) < 4.78 is 1.73. The van der Waals surface area contributed by atoms with Crippen molar-refractivity contribution < 1.29 is 9.59 Å². The molecule has 0 aliphatic heterocycles. The molecule has 2 heterocycles. The molecular weight excluding hydrogens is 362 g/mol. The van der Waals surface area contributed by atoms with E-state index in [4.69, 9.17) is 0 Å². The minimum atomic E-state index is -0.0899. The number of aryl methyl sites for hydroxylation is 2. The predicted octanol–water partition coefficient (Wildman–Crippen LogP) is 3.24. The number of hydrogen-bond acceptors (Lipinski definition) is 6. The molecule has 0 bridgehead atoms. The van der Waals surface area contributed by atoms with E-state index in [1.807, 2.05) is 20.1 Å². The summed E-state index contributed by atoms with van der Waals surface area (Å²) in [6, 6.07) is 6.88. The summed E-state index contributed by atoms with van der Waals surface area (Å²) in [6.45, 7) is 5.41. The number of carbonyl (C=O) groups is 2. The average molecular weight is 383 g/mol. The van der Waals surface area contributed by atoms with Crippen LogP contribution in [0.3, 0.4) is 0 Å². The fourth-order valence-electron chi connectivity index (χ4n) is 2.89. The zero-order valence-corrected chi connectivity index (χ0v) is 16.6. The Kier molecular flexibility index (Phi) is 5.55. The first kappa shape index (κ1) is 19.0. The standard InChI is InChI=1S/C19H21N5O2S/c1-11-16(12(2)24-18(20-11)22-19(23-24)27-4)9-10-17(26)21-15-7-5-14(6-8-15)13(3)25/h5-8H,9-10H2,1-4H3,(H,21,26). The van der Waals surface area contributed by atoms with E-state index in [-0.39, 0.29) is 11.7 Å². The lowest BCUT2D eigenvalue weighted by atomic mass is 10.1. The SMILES string of the molecule is CSc1nc2nc(C)c(CCC(=O)Nc3ccc(C(C)=O)cc3)c(C)n2n1. The Morgan fingerprint density at radius 1 is 1.15 bits per heavy atom. The quantitative estimate of drug-likeness (QED) is 0.519. The highest BCUT2D eigenvalue weighted by Crippen LogP contribution is 2.18. The minimum absolute atomic E-state index is 0.000499. The van der Waals surface area contributed by atoms with Crippen LogP contribution < -0.4 is 5.32 Å². The number of nitrogens with zero attached hydrogens (tertiary/aromatic N) is 4. The second-order valence-electron chi connectivity index (χ2n) is 6.25. The van der Waals surface area contributed by atoms with Crippen LogP contribution >= 0.6 is 11.8 Å². The lowest BCUT2D eigenvalue weighted by Crippen LogP contribution is -2.14. The van der Waals surface area contributed by atoms with Crippen LogP contribution in [0.2, 0.25) is 0 Å². The predicted molar refractivity (Wildman–Crippen MR) is 105 cm³/mol. The number of aromatic nitrogens is 4. The molecule has 2 aromatic heterocycles. The van der Waals surface area contributed by atoms with Crippen molar-refractivity contribution in [2.24, 2.45) is 0 Å². The molecule has 0 saturated heterocycles. The molecule has 3 rings (SSSR count). The van der Waals surface area contributed by atoms with Gasteiger partial charge in [0, 0.05) is 29.1 Å². The van der Waals surface area contributed by atoms with Crippen LogP contribution in [0.5, 0.6) is 0 Å². The van der Waals surface area contributed by atoms with Crippen LogP contribution in [0, 0.1) is 13.8 Å². The van der Waals surface area contributed by atoms with Crippen molar-refractivity contribution in [2.45, 2.75) is 38.8 Å². The number of carbonyl (C=O) groups excluding carboxylic acids is 2. The molecule has 140 valence electrons. The fraction of sp³-hybridized carbons (Fsp3) is 0.316. The molecule has 0 atom stereocenters. The summed E-state index contributed by atoms with van der Waals surface area (Å²) in [4.78, 5) is 32.5. The highest BCUT2D eigenvalue weighted by Gasteiger charge is 2.14. The largest absolute Gasteiger partial charge is 0.326 e. The number of rotatable bonds is 6. The second kappa shape index (κ2) is 7.87. The number of nitrogens with one attached hydrogen (secondary N) is 1. The molecule has 3 aromatic rings. The lowest BCUT2D eigenvalue weighted by Gasteiger charge is -2.10. The van der Waals surface area contributed by atoms with Crippen LogP contribution in [0.1, 0.15) is 40.7 Å². The zero-order chi connectivity index (χ0) is 19.6. The lowest BCUT2D eigenvalue weighted by molar-refractivity contribution is -0.116. The Bertz CT molecular complexity index is 1010. The van der Waals surface area contributed by atoms with E-state index in [2.05, 4.69) is 20.4 Å². The Hall–Kier alpha value is -2.74. The molecule has 0 spiro atoms. The van der Waals surface area contributed by atoms with Crippen LogP contribution in [0.15, 0.2) is 29.4 Å². The van der Waals surface area contributed by atoms with Crippen LogP contribution in [-0.4, -0.2) is 37.5 Å². The van der Waals surface area contributed by atoms with Crippen LogP contribution in [0.4, 0.5) is 5.69 Å². The second-order valence-corrected chi connectivity index (χ2v) is 7.03. The van der Waals surface area contributed by atoms with Gasteiger partial charge in [0.1, 0.15) is 0 Å². The topological polar surface area (TPSA) is 89.2 Å². The third kappa shape index (κ3) is 4.16. The molecule has 1 aromatic carbocycles. The van der Waals surface area contributed by atoms with Gasteiger partial charge < -0.3 is 5.32 Å². The number of Topliss-reactive ketones (excluding diaryl/α,β-unsaturated/α-hetero) is 1. The van der Waals surface area contributed by atoms with E-state index < -0.39 is 0 Å². The van der Waals surface area contributed by atoms with E-state index in [9.17, 15) is 9.59 Å². The van der Waals surface area contributed by atoms with Crippen molar-refractivity contribution in [3.05, 3.63) is 46.8 Å². The highest BCUT2D eigenvalue weighted by molar-refractivity contribution is 7.98. The molecule has 27 heavy (non-hydrogen) atoms. The molecule has 0 fully saturated rings. The van der Waals surface area contributed by atoms with Gasteiger partial charge >= 0.3 is 0 Å². The summed E-state index contributed by atoms with van der Waals surface area (Å²) in [7, 11) is 0. The summed E-state index contributed by atoms with van der Waals surface area (Å²) in [5.41, 5.74) is 4.11. The molecule has 0 saturated carbocycles. The van der Waals surface area contributed by atoms with Crippen molar-refractivity contribution in [1.82, 2.24) is 19.6 Å². The third-order valence-corrected chi connectivity index (χ3v) is 4.93. The average Bonchev–Trinajstić information content (AvgIpc) is 3.05. The number of hydrogen-bond donors (Lipinski definition) is 1. The Balaban J connectivity index is 1.70. The van der Waals surface area contributed by atoms with Crippen LogP contribution in [0.25, 0.3) is 5.78 Å². The van der Waals surface area contributed by atoms with Gasteiger partial charge in [-0.1, -0.05) is 11.8 Å². The maximum atomic E-state index is 12.3. The molecule has 0 aliphatic rings. The molecular formula is C19H21N5O2S. The van der Waals surface area contributed by atoms with E-state index in [0.29, 0.717) is 35.0 Å². The normalized spacial score (nSPS) is 11.0. The van der Waals surface area contributed by atoms with Crippen LogP contribution in [-0.2, 0) is 11.2 Å². The first-order chi connectivity index (χ1) is 12.9. The molecule has 0 aliphatic carbocycles. The molecule has 1 amide bonds. The highest BCUT2D eigenvalue weighted by atomic mass is 32.2. The number of ketones is 1. The van der Waals surface area contributed by atoms with E-state index >= 15 is 0 Å². The van der Waals surface area contributed by atoms with Gasteiger partial charge in [-0.15, -0.1) is 5.10 Å². The van der Waals surface area contributed by atoms with Crippen molar-refractivity contribution >= 4 is 34.9 Å². The number of fused-ring (bicyclic) bond motifs is 1.